The van der Waals surface area contributed by atoms with Crippen molar-refractivity contribution in [3.05, 3.63) is 54.2 Å². The zero-order chi connectivity index (χ0) is 23.1. The molecule has 4 aromatic heterocycles. The summed E-state index contributed by atoms with van der Waals surface area (Å²) in [5, 5.41) is 29.2. The van der Waals surface area contributed by atoms with Crippen LogP contribution in [-0.4, -0.2) is 54.6 Å². The number of hydrogen-bond donors (Lipinski definition) is 2. The van der Waals surface area contributed by atoms with Gasteiger partial charge in [0.2, 0.25) is 0 Å². The lowest BCUT2D eigenvalue weighted by atomic mass is 10.1. The van der Waals surface area contributed by atoms with E-state index in [2.05, 4.69) is 37.5 Å². The van der Waals surface area contributed by atoms with Crippen molar-refractivity contribution in [3.8, 4) is 17.2 Å². The number of nitrogens with one attached hydrogen (secondary N) is 1. The number of nitriles is 1. The molecule has 4 aromatic rings. The van der Waals surface area contributed by atoms with Crippen LogP contribution in [0.25, 0.3) is 16.6 Å². The van der Waals surface area contributed by atoms with Crippen LogP contribution >= 0.6 is 0 Å². The normalized spacial score (nSPS) is 17.9. The van der Waals surface area contributed by atoms with Crippen molar-refractivity contribution < 1.29 is 4.79 Å². The fourth-order valence-corrected chi connectivity index (χ4v) is 4.20. The molecule has 0 saturated carbocycles. The number of primary amides is 1. The molecule has 1 fully saturated rings. The third-order valence-electron chi connectivity index (χ3n) is 5.97. The van der Waals surface area contributed by atoms with Crippen molar-refractivity contribution in [2.45, 2.75) is 13.0 Å². The molecule has 3 N–H and O–H groups in total. The number of amides is 1. The molecule has 2 atom stereocenters. The average molecular weight is 442 g/mol. The predicted molar refractivity (Wildman–Crippen MR) is 121 cm³/mol. The summed E-state index contributed by atoms with van der Waals surface area (Å²) in [6, 6.07) is 7.45. The van der Waals surface area contributed by atoms with E-state index >= 15 is 0 Å². The van der Waals surface area contributed by atoms with Crippen molar-refractivity contribution in [3.63, 3.8) is 0 Å². The monoisotopic (exact) mass is 442 g/mol. The molecule has 1 aliphatic heterocycles. The van der Waals surface area contributed by atoms with Crippen molar-refractivity contribution in [2.24, 2.45) is 18.7 Å². The van der Waals surface area contributed by atoms with E-state index in [-0.39, 0.29) is 17.7 Å². The molecule has 5 heterocycles. The van der Waals surface area contributed by atoms with E-state index < -0.39 is 5.91 Å². The molecule has 11 heteroatoms. The zero-order valence-electron chi connectivity index (χ0n) is 18.2. The maximum atomic E-state index is 12.2. The summed E-state index contributed by atoms with van der Waals surface area (Å²) in [6.07, 6.45) is 7.10. The van der Waals surface area contributed by atoms with E-state index in [1.54, 1.807) is 27.5 Å². The van der Waals surface area contributed by atoms with Crippen LogP contribution < -0.4 is 16.0 Å². The molecule has 0 spiro atoms. The lowest BCUT2D eigenvalue weighted by Gasteiger charge is -2.20. The van der Waals surface area contributed by atoms with Gasteiger partial charge < -0.3 is 16.0 Å². The number of hydrogen-bond acceptors (Lipinski definition) is 8. The fourth-order valence-electron chi connectivity index (χ4n) is 4.20. The number of carbonyl (C=O) groups excluding carboxylic acids is 1. The van der Waals surface area contributed by atoms with Crippen LogP contribution in [0, 0.1) is 17.2 Å². The van der Waals surface area contributed by atoms with Gasteiger partial charge in [0.1, 0.15) is 6.07 Å². The van der Waals surface area contributed by atoms with Gasteiger partial charge in [0.25, 0.3) is 5.91 Å². The molecule has 0 bridgehead atoms. The van der Waals surface area contributed by atoms with Crippen molar-refractivity contribution in [1.29, 1.82) is 5.26 Å². The first-order valence-electron chi connectivity index (χ1n) is 10.5. The van der Waals surface area contributed by atoms with Gasteiger partial charge in [-0.25, -0.2) is 4.52 Å². The summed E-state index contributed by atoms with van der Waals surface area (Å²) in [5.74, 6) is 0.419. The Balaban J connectivity index is 1.48. The first-order chi connectivity index (χ1) is 15.9. The largest absolute Gasteiger partial charge is 0.378 e. The molecule has 1 aliphatic rings. The van der Waals surface area contributed by atoms with Crippen molar-refractivity contribution in [2.75, 3.05) is 23.3 Å². The third kappa shape index (κ3) is 3.71. The van der Waals surface area contributed by atoms with Crippen molar-refractivity contribution in [1.82, 2.24) is 29.6 Å². The Labute approximate surface area is 189 Å². The lowest BCUT2D eigenvalue weighted by molar-refractivity contribution is 0.100. The highest BCUT2D eigenvalue weighted by atomic mass is 16.1. The molecule has 1 amide bonds. The van der Waals surface area contributed by atoms with E-state index in [1.807, 2.05) is 31.6 Å². The highest BCUT2D eigenvalue weighted by Crippen LogP contribution is 2.31. The summed E-state index contributed by atoms with van der Waals surface area (Å²) < 4.78 is 3.47. The number of anilines is 2. The van der Waals surface area contributed by atoms with Gasteiger partial charge in [-0.05, 0) is 24.1 Å². The van der Waals surface area contributed by atoms with Crippen LogP contribution in [0.4, 0.5) is 11.5 Å². The number of nitrogens with zero attached hydrogens (tertiary/aromatic N) is 8. The van der Waals surface area contributed by atoms with Crippen LogP contribution in [0.2, 0.25) is 0 Å². The van der Waals surface area contributed by atoms with Gasteiger partial charge in [0.05, 0.1) is 29.2 Å². The maximum Gasteiger partial charge on any atom is 0.252 e. The van der Waals surface area contributed by atoms with E-state index in [0.717, 1.165) is 23.2 Å². The predicted octanol–water partition coefficient (Wildman–Crippen LogP) is 1.43. The minimum absolute atomic E-state index is 0.0310. The number of fused-ring (bicyclic) bond motifs is 1. The highest BCUT2D eigenvalue weighted by molar-refractivity contribution is 6.02. The Kier molecular flexibility index (Phi) is 4.90. The Bertz CT molecular complexity index is 1380. The maximum absolute atomic E-state index is 12.2. The minimum atomic E-state index is -0.544. The Morgan fingerprint density at radius 3 is 2.70 bits per heavy atom. The minimum Gasteiger partial charge on any atom is -0.378 e. The van der Waals surface area contributed by atoms with Gasteiger partial charge in [-0.3, -0.25) is 9.48 Å². The molecular formula is C22H22N10O. The number of carbonyl (C=O) groups is 1. The molecule has 0 radical (unpaired) electrons. The Hall–Kier alpha value is -4.46. The van der Waals surface area contributed by atoms with E-state index in [9.17, 15) is 4.79 Å². The van der Waals surface area contributed by atoms with Crippen LogP contribution in [-0.2, 0) is 7.05 Å². The summed E-state index contributed by atoms with van der Waals surface area (Å²) in [5.41, 5.74) is 9.60. The topological polar surface area (TPSA) is 143 Å². The van der Waals surface area contributed by atoms with Gasteiger partial charge in [-0.1, -0.05) is 6.92 Å². The molecule has 0 aromatic carbocycles. The first-order valence-corrected chi connectivity index (χ1v) is 10.5. The zero-order valence-corrected chi connectivity index (χ0v) is 18.2. The van der Waals surface area contributed by atoms with Crippen LogP contribution in [0.15, 0.2) is 43.0 Å². The number of rotatable bonds is 5. The van der Waals surface area contributed by atoms with E-state index in [1.165, 1.54) is 6.20 Å². The van der Waals surface area contributed by atoms with Crippen LogP contribution in [0.5, 0.6) is 0 Å². The fraction of sp³-hybridized carbons (Fsp3) is 0.273. The van der Waals surface area contributed by atoms with E-state index in [4.69, 9.17) is 11.0 Å². The van der Waals surface area contributed by atoms with Crippen LogP contribution in [0.1, 0.15) is 23.0 Å². The van der Waals surface area contributed by atoms with Gasteiger partial charge in [0.15, 0.2) is 11.5 Å². The van der Waals surface area contributed by atoms with Gasteiger partial charge in [0, 0.05) is 49.7 Å². The van der Waals surface area contributed by atoms with Gasteiger partial charge in [-0.15, -0.1) is 10.2 Å². The second kappa shape index (κ2) is 7.90. The third-order valence-corrected chi connectivity index (χ3v) is 5.97. The summed E-state index contributed by atoms with van der Waals surface area (Å²) in [7, 11) is 1.86. The SMILES string of the molecule is C[C@H]1CN(c2ccc(C#N)nn2)C[C@H]1Nc1c(C(N)=O)cnn2cc(-c3cnn(C)c3)cc12. The average Bonchev–Trinajstić information content (AvgIpc) is 3.52. The molecule has 0 aliphatic carbocycles. The lowest BCUT2D eigenvalue weighted by Crippen LogP contribution is -2.30. The summed E-state index contributed by atoms with van der Waals surface area (Å²) in [4.78, 5) is 14.3. The molecular weight excluding hydrogens is 420 g/mol. The second-order valence-electron chi connectivity index (χ2n) is 8.28. The molecule has 166 valence electrons. The number of nitrogens with two attached hydrogens (primary N) is 1. The van der Waals surface area contributed by atoms with Crippen molar-refractivity contribution >= 4 is 22.9 Å². The van der Waals surface area contributed by atoms with Crippen LogP contribution in [0.3, 0.4) is 0 Å². The number of aromatic nitrogens is 6. The smallest absolute Gasteiger partial charge is 0.252 e. The van der Waals surface area contributed by atoms with E-state index in [0.29, 0.717) is 23.6 Å². The van der Waals surface area contributed by atoms with Gasteiger partial charge in [-0.2, -0.15) is 15.5 Å². The van der Waals surface area contributed by atoms with Gasteiger partial charge >= 0.3 is 0 Å². The molecule has 1 saturated heterocycles. The quantitative estimate of drug-likeness (QED) is 0.472. The second-order valence-corrected chi connectivity index (χ2v) is 8.28. The molecule has 11 nitrogen and oxygen atoms in total. The summed E-state index contributed by atoms with van der Waals surface area (Å²) >= 11 is 0. The Morgan fingerprint density at radius 1 is 1.18 bits per heavy atom. The summed E-state index contributed by atoms with van der Waals surface area (Å²) in [6.45, 7) is 3.55. The number of aryl methyl sites for hydroxylation is 1. The molecule has 5 rings (SSSR count). The highest BCUT2D eigenvalue weighted by Gasteiger charge is 2.32. The molecule has 0 unspecified atom stereocenters. The standard InChI is InChI=1S/C22H22N10O/c1-13-9-31(20-4-3-16(6-23)28-29-20)12-18(13)27-21-17(22(24)33)8-26-32-11-14(5-19(21)32)15-7-25-30(2)10-15/h3-5,7-8,10-11,13,18,27H,9,12H2,1-2H3,(H2,24,33)/t13-,18+/m0/s1. The first kappa shape index (κ1) is 20.4. The molecule has 33 heavy (non-hydrogen) atoms. The Morgan fingerprint density at radius 2 is 2.03 bits per heavy atom.